The standard InChI is InChI=1S/C18H22FN3O4S/c1-3-21(4-2)27(25,26)15-9-10-17(18(13-15)22(23)24)20-12-11-14-7-5-6-8-16(14)19/h5-10,13,20H,3-4,11-12H2,1-2H3. The Morgan fingerprint density at radius 2 is 1.81 bits per heavy atom. The van der Waals surface area contributed by atoms with Crippen molar-refractivity contribution >= 4 is 21.4 Å². The second-order valence-electron chi connectivity index (χ2n) is 5.79. The van der Waals surface area contributed by atoms with Crippen molar-refractivity contribution in [2.75, 3.05) is 25.0 Å². The zero-order valence-electron chi connectivity index (χ0n) is 15.2. The van der Waals surface area contributed by atoms with Crippen LogP contribution in [0, 0.1) is 15.9 Å². The molecule has 2 rings (SSSR count). The third kappa shape index (κ3) is 4.81. The third-order valence-electron chi connectivity index (χ3n) is 4.18. The molecule has 2 aromatic carbocycles. The van der Waals surface area contributed by atoms with Gasteiger partial charge in [-0.2, -0.15) is 4.31 Å². The van der Waals surface area contributed by atoms with Crippen LogP contribution in [0.1, 0.15) is 19.4 Å². The van der Waals surface area contributed by atoms with Gasteiger partial charge in [0.05, 0.1) is 9.82 Å². The maximum Gasteiger partial charge on any atom is 0.293 e. The van der Waals surface area contributed by atoms with Crippen LogP contribution < -0.4 is 5.32 Å². The summed E-state index contributed by atoms with van der Waals surface area (Å²) in [4.78, 5) is 10.6. The smallest absolute Gasteiger partial charge is 0.293 e. The maximum atomic E-state index is 13.6. The quantitative estimate of drug-likeness (QED) is 0.519. The Kier molecular flexibility index (Phi) is 6.86. The lowest BCUT2D eigenvalue weighted by atomic mass is 10.1. The van der Waals surface area contributed by atoms with Crippen LogP contribution in [-0.4, -0.2) is 37.3 Å². The van der Waals surface area contributed by atoms with E-state index in [4.69, 9.17) is 0 Å². The fourth-order valence-electron chi connectivity index (χ4n) is 2.72. The Balaban J connectivity index is 2.23. The molecule has 0 heterocycles. The highest BCUT2D eigenvalue weighted by Gasteiger charge is 2.25. The van der Waals surface area contributed by atoms with Crippen LogP contribution in [0.15, 0.2) is 47.4 Å². The zero-order valence-corrected chi connectivity index (χ0v) is 16.0. The van der Waals surface area contributed by atoms with Crippen LogP contribution in [0.3, 0.4) is 0 Å². The van der Waals surface area contributed by atoms with E-state index in [2.05, 4.69) is 5.32 Å². The Bertz CT molecular complexity index is 915. The number of nitro benzene ring substituents is 1. The summed E-state index contributed by atoms with van der Waals surface area (Å²) < 4.78 is 40.0. The average molecular weight is 395 g/mol. The highest BCUT2D eigenvalue weighted by Crippen LogP contribution is 2.29. The van der Waals surface area contributed by atoms with Crippen molar-refractivity contribution in [3.8, 4) is 0 Å². The minimum atomic E-state index is -3.79. The van der Waals surface area contributed by atoms with Gasteiger partial charge >= 0.3 is 0 Å². The van der Waals surface area contributed by atoms with E-state index in [0.717, 1.165) is 6.07 Å². The first-order valence-corrected chi connectivity index (χ1v) is 10.0. The summed E-state index contributed by atoms with van der Waals surface area (Å²) >= 11 is 0. The molecular weight excluding hydrogens is 373 g/mol. The third-order valence-corrected chi connectivity index (χ3v) is 6.22. The number of nitrogens with one attached hydrogen (secondary N) is 1. The van der Waals surface area contributed by atoms with Gasteiger partial charge in [-0.25, -0.2) is 12.8 Å². The zero-order chi connectivity index (χ0) is 20.0. The van der Waals surface area contributed by atoms with Crippen LogP contribution in [0.4, 0.5) is 15.8 Å². The summed E-state index contributed by atoms with van der Waals surface area (Å²) in [5, 5.41) is 14.3. The molecule has 2 aromatic rings. The minimum absolute atomic E-state index is 0.127. The van der Waals surface area contributed by atoms with Crippen molar-refractivity contribution in [1.82, 2.24) is 4.31 Å². The molecule has 146 valence electrons. The van der Waals surface area contributed by atoms with E-state index in [1.165, 1.54) is 22.5 Å². The second kappa shape index (κ2) is 8.92. The average Bonchev–Trinajstić information content (AvgIpc) is 2.64. The highest BCUT2D eigenvalue weighted by atomic mass is 32.2. The number of benzene rings is 2. The van der Waals surface area contributed by atoms with Crippen molar-refractivity contribution in [2.24, 2.45) is 0 Å². The van der Waals surface area contributed by atoms with Gasteiger partial charge in [-0.05, 0) is 30.2 Å². The first kappa shape index (κ1) is 20.8. The van der Waals surface area contributed by atoms with E-state index in [1.807, 2.05) is 0 Å². The van der Waals surface area contributed by atoms with Crippen molar-refractivity contribution in [1.29, 1.82) is 0 Å². The maximum absolute atomic E-state index is 13.6. The summed E-state index contributed by atoms with van der Waals surface area (Å²) in [6.07, 6.45) is 0.337. The molecule has 9 heteroatoms. The molecule has 0 spiro atoms. The minimum Gasteiger partial charge on any atom is -0.379 e. The van der Waals surface area contributed by atoms with E-state index < -0.39 is 14.9 Å². The molecule has 0 radical (unpaired) electrons. The van der Waals surface area contributed by atoms with Crippen molar-refractivity contribution in [3.05, 3.63) is 64.0 Å². The summed E-state index contributed by atoms with van der Waals surface area (Å²) in [6.45, 7) is 4.22. The van der Waals surface area contributed by atoms with Crippen LogP contribution >= 0.6 is 0 Å². The molecule has 0 saturated heterocycles. The van der Waals surface area contributed by atoms with Gasteiger partial charge in [0, 0.05) is 25.7 Å². The Hall–Kier alpha value is -2.52. The van der Waals surface area contributed by atoms with E-state index in [9.17, 15) is 22.9 Å². The SMILES string of the molecule is CCN(CC)S(=O)(=O)c1ccc(NCCc2ccccc2F)c([N+](=O)[O-])c1. The Labute approximate surface area is 158 Å². The lowest BCUT2D eigenvalue weighted by molar-refractivity contribution is -0.384. The van der Waals surface area contributed by atoms with Crippen LogP contribution in [0.2, 0.25) is 0 Å². The number of nitrogens with zero attached hydrogens (tertiary/aromatic N) is 2. The normalized spacial score (nSPS) is 11.6. The van der Waals surface area contributed by atoms with Gasteiger partial charge in [-0.1, -0.05) is 32.0 Å². The molecule has 0 fully saturated rings. The summed E-state index contributed by atoms with van der Waals surface area (Å²) in [6, 6.07) is 10.1. The second-order valence-corrected chi connectivity index (χ2v) is 7.73. The largest absolute Gasteiger partial charge is 0.379 e. The number of hydrogen-bond donors (Lipinski definition) is 1. The molecule has 0 aliphatic rings. The predicted molar refractivity (Wildman–Crippen MR) is 102 cm³/mol. The van der Waals surface area contributed by atoms with Crippen molar-refractivity contribution in [2.45, 2.75) is 25.2 Å². The number of anilines is 1. The fourth-order valence-corrected chi connectivity index (χ4v) is 4.20. The van der Waals surface area contributed by atoms with Crippen molar-refractivity contribution in [3.63, 3.8) is 0 Å². The topological polar surface area (TPSA) is 92.6 Å². The highest BCUT2D eigenvalue weighted by molar-refractivity contribution is 7.89. The van der Waals surface area contributed by atoms with Gasteiger partial charge < -0.3 is 5.32 Å². The molecular formula is C18H22FN3O4S. The molecule has 0 aliphatic carbocycles. The van der Waals surface area contributed by atoms with E-state index in [-0.39, 0.29) is 41.7 Å². The van der Waals surface area contributed by atoms with Gasteiger partial charge in [-0.15, -0.1) is 0 Å². The molecule has 0 bridgehead atoms. The van der Waals surface area contributed by atoms with Crippen LogP contribution in [-0.2, 0) is 16.4 Å². The van der Waals surface area contributed by atoms with Crippen molar-refractivity contribution < 1.29 is 17.7 Å². The predicted octanol–water partition coefficient (Wildman–Crippen LogP) is 3.42. The molecule has 27 heavy (non-hydrogen) atoms. The molecule has 1 N–H and O–H groups in total. The summed E-state index contributed by atoms with van der Waals surface area (Å²) in [7, 11) is -3.79. The molecule has 7 nitrogen and oxygen atoms in total. The molecule has 0 aliphatic heterocycles. The fraction of sp³-hybridized carbons (Fsp3) is 0.333. The first-order valence-electron chi connectivity index (χ1n) is 8.57. The van der Waals surface area contributed by atoms with Gasteiger partial charge in [0.25, 0.3) is 5.69 Å². The van der Waals surface area contributed by atoms with E-state index in [0.29, 0.717) is 12.0 Å². The van der Waals surface area contributed by atoms with E-state index >= 15 is 0 Å². The van der Waals surface area contributed by atoms with Gasteiger partial charge in [0.15, 0.2) is 0 Å². The number of rotatable bonds is 9. The molecule has 0 aromatic heterocycles. The number of halogens is 1. The monoisotopic (exact) mass is 395 g/mol. The molecule has 0 saturated carbocycles. The van der Waals surface area contributed by atoms with E-state index in [1.54, 1.807) is 32.0 Å². The summed E-state index contributed by atoms with van der Waals surface area (Å²) in [5.41, 5.74) is 0.347. The number of nitro groups is 1. The summed E-state index contributed by atoms with van der Waals surface area (Å²) in [5.74, 6) is -0.338. The van der Waals surface area contributed by atoms with Gasteiger partial charge in [0.1, 0.15) is 11.5 Å². The van der Waals surface area contributed by atoms with Gasteiger partial charge in [-0.3, -0.25) is 10.1 Å². The number of sulfonamides is 1. The Morgan fingerprint density at radius 3 is 2.41 bits per heavy atom. The molecule has 0 atom stereocenters. The lowest BCUT2D eigenvalue weighted by Gasteiger charge is -2.18. The number of hydrogen-bond acceptors (Lipinski definition) is 5. The lowest BCUT2D eigenvalue weighted by Crippen LogP contribution is -2.30. The first-order chi connectivity index (χ1) is 12.8. The van der Waals surface area contributed by atoms with Crippen LogP contribution in [0.25, 0.3) is 0 Å². The molecule has 0 amide bonds. The molecule has 0 unspecified atom stereocenters. The Morgan fingerprint density at radius 1 is 1.15 bits per heavy atom. The van der Waals surface area contributed by atoms with Crippen LogP contribution in [0.5, 0.6) is 0 Å². The van der Waals surface area contributed by atoms with Gasteiger partial charge in [0.2, 0.25) is 10.0 Å².